The van der Waals surface area contributed by atoms with E-state index in [1.165, 1.54) is 39.3 Å². The maximum atomic E-state index is 12.7. The van der Waals surface area contributed by atoms with Gasteiger partial charge in [0.15, 0.2) is 0 Å². The lowest BCUT2D eigenvalue weighted by Gasteiger charge is -2.29. The minimum atomic E-state index is -0.656. The number of hydrogen-bond acceptors (Lipinski definition) is 6. The lowest BCUT2D eigenvalue weighted by Crippen LogP contribution is -2.45. The molecule has 1 fully saturated rings. The Kier molecular flexibility index (Phi) is 4.85. The number of rotatable bonds is 4. The number of carbonyl (C=O) groups excluding carboxylic acids is 4. The van der Waals surface area contributed by atoms with E-state index in [1.807, 2.05) is 17.5 Å². The third kappa shape index (κ3) is 3.45. The molecule has 3 heterocycles. The van der Waals surface area contributed by atoms with Crippen molar-refractivity contribution in [2.75, 3.05) is 18.0 Å². The summed E-state index contributed by atoms with van der Waals surface area (Å²) < 4.78 is 5.31. The molecule has 2 aliphatic rings. The average molecular weight is 427 g/mol. The van der Waals surface area contributed by atoms with Crippen LogP contribution in [-0.4, -0.2) is 53.4 Å². The third-order valence-electron chi connectivity index (χ3n) is 4.96. The molecule has 0 spiro atoms. The predicted octanol–water partition coefficient (Wildman–Crippen LogP) is 2.90. The van der Waals surface area contributed by atoms with Crippen LogP contribution in [0.2, 0.25) is 0 Å². The number of nitrogens with zero attached hydrogens (tertiary/aromatic N) is 2. The number of ether oxygens (including phenoxy) is 1. The third-order valence-corrected chi connectivity index (χ3v) is 5.85. The van der Waals surface area contributed by atoms with Crippen LogP contribution >= 0.6 is 11.3 Å². The molecule has 9 heteroatoms. The maximum Gasteiger partial charge on any atom is 0.415 e. The minimum absolute atomic E-state index is 0.143. The van der Waals surface area contributed by atoms with Gasteiger partial charge in [0, 0.05) is 11.1 Å². The van der Waals surface area contributed by atoms with Gasteiger partial charge in [-0.3, -0.25) is 24.2 Å². The maximum absolute atomic E-state index is 12.7. The molecule has 0 aliphatic carbocycles. The summed E-state index contributed by atoms with van der Waals surface area (Å²) in [6.07, 6.45) is -0.918. The van der Waals surface area contributed by atoms with Gasteiger partial charge in [-0.15, -0.1) is 11.3 Å². The first-order valence-electron chi connectivity index (χ1n) is 9.49. The Morgan fingerprint density at radius 2 is 1.90 bits per heavy atom. The van der Waals surface area contributed by atoms with E-state index in [9.17, 15) is 19.2 Å². The zero-order valence-corrected chi connectivity index (χ0v) is 17.6. The second kappa shape index (κ2) is 7.24. The van der Waals surface area contributed by atoms with E-state index in [2.05, 4.69) is 5.32 Å². The smallest absolute Gasteiger partial charge is 0.415 e. The Balaban J connectivity index is 1.43. The zero-order valence-electron chi connectivity index (χ0n) is 16.8. The summed E-state index contributed by atoms with van der Waals surface area (Å²) in [4.78, 5) is 52.6. The molecular weight excluding hydrogens is 406 g/mol. The van der Waals surface area contributed by atoms with Crippen LogP contribution in [-0.2, 0) is 4.74 Å². The van der Waals surface area contributed by atoms with Crippen molar-refractivity contribution in [1.29, 1.82) is 0 Å². The molecule has 8 nitrogen and oxygen atoms in total. The van der Waals surface area contributed by atoms with Crippen LogP contribution in [0.4, 0.5) is 9.80 Å². The SMILES string of the molecule is CC(C)(C)N1C(=O)c2ccc(C(=O)NCC3CN(c4cccs4)C(=O)O3)cc2C1=O. The molecule has 1 aromatic heterocycles. The molecule has 4 rings (SSSR count). The topological polar surface area (TPSA) is 96.0 Å². The van der Waals surface area contributed by atoms with Gasteiger partial charge in [0.2, 0.25) is 0 Å². The number of benzene rings is 1. The summed E-state index contributed by atoms with van der Waals surface area (Å²) in [5, 5.41) is 5.40. The fourth-order valence-corrected chi connectivity index (χ4v) is 4.26. The molecule has 1 unspecified atom stereocenters. The van der Waals surface area contributed by atoms with Gasteiger partial charge in [0.25, 0.3) is 17.7 Å². The van der Waals surface area contributed by atoms with Gasteiger partial charge in [-0.2, -0.15) is 0 Å². The summed E-state index contributed by atoms with van der Waals surface area (Å²) >= 11 is 1.44. The van der Waals surface area contributed by atoms with Crippen molar-refractivity contribution in [3.63, 3.8) is 0 Å². The summed E-state index contributed by atoms with van der Waals surface area (Å²) in [7, 11) is 0. The number of amides is 4. The predicted molar refractivity (Wildman–Crippen MR) is 111 cm³/mol. The van der Waals surface area contributed by atoms with Crippen molar-refractivity contribution in [1.82, 2.24) is 10.2 Å². The van der Waals surface area contributed by atoms with Crippen molar-refractivity contribution in [3.8, 4) is 0 Å². The standard InChI is InChI=1S/C21H21N3O5S/c1-21(2,3)24-18(26)14-7-6-12(9-15(14)19(24)27)17(25)22-10-13-11-23(20(28)29-13)16-5-4-8-30-16/h4-9,13H,10-11H2,1-3H3,(H,22,25). The zero-order chi connectivity index (χ0) is 21.6. The number of cyclic esters (lactones) is 1. The van der Waals surface area contributed by atoms with Gasteiger partial charge in [0.05, 0.1) is 24.2 Å². The first kappa shape index (κ1) is 20.1. The molecule has 1 aromatic carbocycles. The second-order valence-corrected chi connectivity index (χ2v) is 9.08. The molecule has 0 radical (unpaired) electrons. The lowest BCUT2D eigenvalue weighted by atomic mass is 10.1. The van der Waals surface area contributed by atoms with Gasteiger partial charge in [-0.25, -0.2) is 4.79 Å². The Bertz CT molecular complexity index is 1040. The Morgan fingerprint density at radius 1 is 1.17 bits per heavy atom. The molecule has 2 aromatic rings. The van der Waals surface area contributed by atoms with Crippen LogP contribution in [0.25, 0.3) is 0 Å². The number of imide groups is 1. The molecule has 1 atom stereocenters. The Hall–Kier alpha value is -3.20. The largest absolute Gasteiger partial charge is 0.442 e. The molecule has 0 bridgehead atoms. The molecule has 1 N–H and O–H groups in total. The highest BCUT2D eigenvalue weighted by Gasteiger charge is 2.42. The van der Waals surface area contributed by atoms with Crippen LogP contribution in [0.3, 0.4) is 0 Å². The normalized spacial score (nSPS) is 18.6. The number of fused-ring (bicyclic) bond motifs is 1. The molecule has 0 saturated carbocycles. The van der Waals surface area contributed by atoms with E-state index < -0.39 is 29.6 Å². The van der Waals surface area contributed by atoms with E-state index in [-0.39, 0.29) is 23.6 Å². The summed E-state index contributed by atoms with van der Waals surface area (Å²) in [5.41, 5.74) is 0.128. The van der Waals surface area contributed by atoms with Crippen LogP contribution in [0.1, 0.15) is 51.8 Å². The van der Waals surface area contributed by atoms with E-state index in [4.69, 9.17) is 4.74 Å². The van der Waals surface area contributed by atoms with Crippen molar-refractivity contribution < 1.29 is 23.9 Å². The minimum Gasteiger partial charge on any atom is -0.442 e. The first-order valence-corrected chi connectivity index (χ1v) is 10.4. The summed E-state index contributed by atoms with van der Waals surface area (Å²) in [6.45, 7) is 5.84. The number of hydrogen-bond donors (Lipinski definition) is 1. The first-order chi connectivity index (χ1) is 14.2. The highest BCUT2D eigenvalue weighted by Crippen LogP contribution is 2.30. The van der Waals surface area contributed by atoms with Crippen LogP contribution in [0, 0.1) is 0 Å². The van der Waals surface area contributed by atoms with Gasteiger partial charge >= 0.3 is 6.09 Å². The van der Waals surface area contributed by atoms with Gasteiger partial charge in [-0.05, 0) is 56.5 Å². The number of thiophene rings is 1. The fourth-order valence-electron chi connectivity index (χ4n) is 3.53. The van der Waals surface area contributed by atoms with Crippen LogP contribution in [0.5, 0.6) is 0 Å². The highest BCUT2D eigenvalue weighted by molar-refractivity contribution is 7.14. The van der Waals surface area contributed by atoms with Crippen molar-refractivity contribution >= 4 is 40.2 Å². The van der Waals surface area contributed by atoms with Crippen LogP contribution in [0.15, 0.2) is 35.7 Å². The van der Waals surface area contributed by atoms with E-state index in [1.54, 1.807) is 20.8 Å². The van der Waals surface area contributed by atoms with Crippen molar-refractivity contribution in [2.45, 2.75) is 32.4 Å². The second-order valence-electron chi connectivity index (χ2n) is 8.15. The van der Waals surface area contributed by atoms with E-state index >= 15 is 0 Å². The van der Waals surface area contributed by atoms with E-state index in [0.717, 1.165) is 5.00 Å². The quantitative estimate of drug-likeness (QED) is 0.757. The molecular formula is C21H21N3O5S. The Morgan fingerprint density at radius 3 is 2.57 bits per heavy atom. The molecule has 2 aliphatic heterocycles. The molecule has 4 amide bonds. The van der Waals surface area contributed by atoms with E-state index in [0.29, 0.717) is 12.1 Å². The van der Waals surface area contributed by atoms with Crippen molar-refractivity contribution in [2.24, 2.45) is 0 Å². The molecule has 156 valence electrons. The number of nitrogens with one attached hydrogen (secondary N) is 1. The average Bonchev–Trinajstić information content (AvgIpc) is 3.38. The lowest BCUT2D eigenvalue weighted by molar-refractivity contribution is 0.0507. The summed E-state index contributed by atoms with van der Waals surface area (Å²) in [6, 6.07) is 8.14. The van der Waals surface area contributed by atoms with Gasteiger partial charge in [0.1, 0.15) is 11.1 Å². The monoisotopic (exact) mass is 427 g/mol. The molecule has 1 saturated heterocycles. The summed E-state index contributed by atoms with van der Waals surface area (Å²) in [5.74, 6) is -1.17. The number of anilines is 1. The van der Waals surface area contributed by atoms with Gasteiger partial charge < -0.3 is 10.1 Å². The number of carbonyl (C=O) groups is 4. The fraction of sp³-hybridized carbons (Fsp3) is 0.333. The van der Waals surface area contributed by atoms with Gasteiger partial charge in [-0.1, -0.05) is 0 Å². The van der Waals surface area contributed by atoms with Crippen molar-refractivity contribution in [3.05, 3.63) is 52.4 Å². The van der Waals surface area contributed by atoms with Crippen LogP contribution < -0.4 is 10.2 Å². The highest BCUT2D eigenvalue weighted by atomic mass is 32.1. The Labute approximate surface area is 177 Å². The molecule has 30 heavy (non-hydrogen) atoms.